The zero-order valence-electron chi connectivity index (χ0n) is 13.7. The molecule has 0 unspecified atom stereocenters. The van der Waals surface area contributed by atoms with Crippen LogP contribution in [0.5, 0.6) is 0 Å². The molecule has 6 heteroatoms. The van der Waals surface area contributed by atoms with Crippen molar-refractivity contribution >= 4 is 15.7 Å². The van der Waals surface area contributed by atoms with Crippen molar-refractivity contribution in [2.24, 2.45) is 5.92 Å². The lowest BCUT2D eigenvalue weighted by Crippen LogP contribution is -2.45. The Morgan fingerprint density at radius 3 is 2.75 bits per heavy atom. The monoisotopic (exact) mass is 348 g/mol. The molecule has 4 rings (SSSR count). The third-order valence-corrected chi connectivity index (χ3v) is 7.62. The van der Waals surface area contributed by atoms with Crippen molar-refractivity contribution in [3.63, 3.8) is 0 Å². The van der Waals surface area contributed by atoms with Gasteiger partial charge in [0.15, 0.2) is 9.84 Å². The molecular formula is C18H24N2O3S. The van der Waals surface area contributed by atoms with E-state index in [4.69, 9.17) is 0 Å². The van der Waals surface area contributed by atoms with Gasteiger partial charge in [0.25, 0.3) is 0 Å². The van der Waals surface area contributed by atoms with E-state index < -0.39 is 9.84 Å². The van der Waals surface area contributed by atoms with Gasteiger partial charge >= 0.3 is 0 Å². The van der Waals surface area contributed by atoms with Crippen LogP contribution in [0.4, 0.5) is 0 Å². The Hall–Kier alpha value is -1.40. The summed E-state index contributed by atoms with van der Waals surface area (Å²) in [5.74, 6) is 0.732. The highest BCUT2D eigenvalue weighted by molar-refractivity contribution is 7.91. The second kappa shape index (κ2) is 6.15. The number of hydrogen-bond donors (Lipinski definition) is 2. The predicted molar refractivity (Wildman–Crippen MR) is 91.3 cm³/mol. The Balaban J connectivity index is 1.49. The molecule has 1 saturated heterocycles. The third-order valence-electron chi connectivity index (χ3n) is 5.80. The summed E-state index contributed by atoms with van der Waals surface area (Å²) < 4.78 is 24.4. The average Bonchev–Trinajstić information content (AvgIpc) is 3.02. The number of amides is 1. The van der Waals surface area contributed by atoms with Crippen molar-refractivity contribution < 1.29 is 13.2 Å². The standard InChI is InChI=1S/C18H24N2O3S/c21-18(16-11-12-5-1-3-7-14(12)19-16)20-15-9-10-24(22,23)17-8-4-2-6-13(15)17/h2,4,6,8,12,14-16,19H,1,3,5,7,9-11H2,(H,20,21)/t12-,14-,15+,16-/m0/s1. The van der Waals surface area contributed by atoms with Crippen LogP contribution in [0.2, 0.25) is 0 Å². The highest BCUT2D eigenvalue weighted by Crippen LogP contribution is 2.35. The summed E-state index contributed by atoms with van der Waals surface area (Å²) in [5.41, 5.74) is 0.729. The summed E-state index contributed by atoms with van der Waals surface area (Å²) in [6.07, 6.45) is 6.25. The van der Waals surface area contributed by atoms with E-state index in [1.165, 1.54) is 25.7 Å². The van der Waals surface area contributed by atoms with Crippen molar-refractivity contribution in [2.75, 3.05) is 5.75 Å². The molecule has 0 aromatic heterocycles. The van der Waals surface area contributed by atoms with Crippen LogP contribution in [0.25, 0.3) is 0 Å². The predicted octanol–water partition coefficient (Wildman–Crippen LogP) is 1.94. The molecular weight excluding hydrogens is 324 g/mol. The molecule has 130 valence electrons. The fourth-order valence-electron chi connectivity index (χ4n) is 4.53. The van der Waals surface area contributed by atoms with Gasteiger partial charge in [-0.05, 0) is 43.2 Å². The van der Waals surface area contributed by atoms with E-state index in [1.54, 1.807) is 12.1 Å². The maximum Gasteiger partial charge on any atom is 0.237 e. The highest BCUT2D eigenvalue weighted by Gasteiger charge is 2.39. The van der Waals surface area contributed by atoms with Gasteiger partial charge in [-0.25, -0.2) is 8.42 Å². The lowest BCUT2D eigenvalue weighted by atomic mass is 9.85. The van der Waals surface area contributed by atoms with Gasteiger partial charge in [0.2, 0.25) is 5.91 Å². The van der Waals surface area contributed by atoms with Crippen LogP contribution in [0.3, 0.4) is 0 Å². The maximum absolute atomic E-state index is 12.7. The van der Waals surface area contributed by atoms with E-state index in [-0.39, 0.29) is 23.7 Å². The van der Waals surface area contributed by atoms with E-state index in [0.29, 0.717) is 23.3 Å². The fraction of sp³-hybridized carbons (Fsp3) is 0.611. The second-order valence-electron chi connectivity index (χ2n) is 7.31. The van der Waals surface area contributed by atoms with Crippen molar-refractivity contribution in [3.05, 3.63) is 29.8 Å². The number of sulfone groups is 1. The Morgan fingerprint density at radius 2 is 1.92 bits per heavy atom. The first kappa shape index (κ1) is 16.1. The van der Waals surface area contributed by atoms with Gasteiger partial charge in [-0.1, -0.05) is 31.0 Å². The molecule has 1 amide bonds. The van der Waals surface area contributed by atoms with Gasteiger partial charge in [-0.2, -0.15) is 0 Å². The van der Waals surface area contributed by atoms with Crippen molar-refractivity contribution in [3.8, 4) is 0 Å². The zero-order valence-corrected chi connectivity index (χ0v) is 14.5. The molecule has 0 spiro atoms. The SMILES string of the molecule is O=C(N[C@@H]1CCS(=O)(=O)c2ccccc21)[C@@H]1C[C@@H]2CCCC[C@@H]2N1. The van der Waals surface area contributed by atoms with E-state index in [2.05, 4.69) is 10.6 Å². The minimum absolute atomic E-state index is 0.0171. The molecule has 2 fully saturated rings. The van der Waals surface area contributed by atoms with Crippen LogP contribution >= 0.6 is 0 Å². The minimum atomic E-state index is -3.21. The molecule has 3 aliphatic rings. The number of carbonyl (C=O) groups is 1. The summed E-state index contributed by atoms with van der Waals surface area (Å²) in [4.78, 5) is 13.1. The lowest BCUT2D eigenvalue weighted by molar-refractivity contribution is -0.123. The topological polar surface area (TPSA) is 75.3 Å². The van der Waals surface area contributed by atoms with Crippen LogP contribution in [-0.2, 0) is 14.6 Å². The first-order chi connectivity index (χ1) is 11.5. The number of hydrogen-bond acceptors (Lipinski definition) is 4. The van der Waals surface area contributed by atoms with E-state index in [0.717, 1.165) is 12.0 Å². The molecule has 5 nitrogen and oxygen atoms in total. The zero-order chi connectivity index (χ0) is 16.7. The molecule has 1 aliphatic carbocycles. The molecule has 0 bridgehead atoms. The maximum atomic E-state index is 12.7. The van der Waals surface area contributed by atoms with E-state index in [9.17, 15) is 13.2 Å². The van der Waals surface area contributed by atoms with Crippen LogP contribution in [0, 0.1) is 5.92 Å². The first-order valence-corrected chi connectivity index (χ1v) is 10.6. The fourth-order valence-corrected chi connectivity index (χ4v) is 6.15. The number of carbonyl (C=O) groups excluding carboxylic acids is 1. The quantitative estimate of drug-likeness (QED) is 0.856. The largest absolute Gasteiger partial charge is 0.348 e. The van der Waals surface area contributed by atoms with Gasteiger partial charge in [-0.3, -0.25) is 4.79 Å². The molecule has 24 heavy (non-hydrogen) atoms. The summed E-state index contributed by atoms with van der Waals surface area (Å²) in [6, 6.07) is 7.17. The molecule has 1 aromatic rings. The molecule has 4 atom stereocenters. The van der Waals surface area contributed by atoms with Crippen LogP contribution in [0.15, 0.2) is 29.2 Å². The normalized spacial score (nSPS) is 34.2. The van der Waals surface area contributed by atoms with Crippen molar-refractivity contribution in [2.45, 2.75) is 61.5 Å². The Labute approximate surface area is 143 Å². The molecule has 1 saturated carbocycles. The lowest BCUT2D eigenvalue weighted by Gasteiger charge is -2.27. The van der Waals surface area contributed by atoms with Crippen LogP contribution in [-0.4, -0.2) is 32.2 Å². The van der Waals surface area contributed by atoms with Crippen molar-refractivity contribution in [1.29, 1.82) is 0 Å². The van der Waals surface area contributed by atoms with E-state index in [1.807, 2.05) is 12.1 Å². The van der Waals surface area contributed by atoms with Gasteiger partial charge in [0, 0.05) is 6.04 Å². The summed E-state index contributed by atoms with van der Waals surface area (Å²) in [5, 5.41) is 6.59. The number of nitrogens with one attached hydrogen (secondary N) is 2. The third kappa shape index (κ3) is 2.86. The Kier molecular flexibility index (Phi) is 4.12. The highest BCUT2D eigenvalue weighted by atomic mass is 32.2. The summed E-state index contributed by atoms with van der Waals surface area (Å²) in [6.45, 7) is 0. The Morgan fingerprint density at radius 1 is 1.12 bits per heavy atom. The number of rotatable bonds is 2. The molecule has 1 aromatic carbocycles. The second-order valence-corrected chi connectivity index (χ2v) is 9.39. The molecule has 0 radical (unpaired) electrons. The van der Waals surface area contributed by atoms with E-state index >= 15 is 0 Å². The molecule has 2 heterocycles. The number of benzene rings is 1. The minimum Gasteiger partial charge on any atom is -0.348 e. The van der Waals surface area contributed by atoms with Crippen molar-refractivity contribution in [1.82, 2.24) is 10.6 Å². The molecule has 2 N–H and O–H groups in total. The van der Waals surface area contributed by atoms with Gasteiger partial charge < -0.3 is 10.6 Å². The average molecular weight is 348 g/mol. The van der Waals surface area contributed by atoms with Gasteiger partial charge in [0.05, 0.1) is 22.7 Å². The van der Waals surface area contributed by atoms with Crippen LogP contribution in [0.1, 0.15) is 50.1 Å². The first-order valence-electron chi connectivity index (χ1n) is 8.93. The number of fused-ring (bicyclic) bond motifs is 2. The molecule has 2 aliphatic heterocycles. The summed E-state index contributed by atoms with van der Waals surface area (Å²) in [7, 11) is -3.21. The van der Waals surface area contributed by atoms with Crippen LogP contribution < -0.4 is 10.6 Å². The smallest absolute Gasteiger partial charge is 0.237 e. The van der Waals surface area contributed by atoms with Gasteiger partial charge in [0.1, 0.15) is 0 Å². The summed E-state index contributed by atoms with van der Waals surface area (Å²) >= 11 is 0. The van der Waals surface area contributed by atoms with Gasteiger partial charge in [-0.15, -0.1) is 0 Å². The Bertz CT molecular complexity index is 732.